The van der Waals surface area contributed by atoms with E-state index in [4.69, 9.17) is 12.2 Å². The third-order valence-electron chi connectivity index (χ3n) is 3.80. The molecule has 25 heavy (non-hydrogen) atoms. The summed E-state index contributed by atoms with van der Waals surface area (Å²) in [6, 6.07) is 18.1. The van der Waals surface area contributed by atoms with Gasteiger partial charge in [0, 0.05) is 5.39 Å². The zero-order valence-corrected chi connectivity index (χ0v) is 14.6. The monoisotopic (exact) mass is 364 g/mol. The van der Waals surface area contributed by atoms with Gasteiger partial charge in [-0.25, -0.2) is 4.98 Å². The van der Waals surface area contributed by atoms with Crippen LogP contribution in [0.15, 0.2) is 65.6 Å². The maximum atomic E-state index is 12.7. The van der Waals surface area contributed by atoms with Gasteiger partial charge in [0.1, 0.15) is 5.75 Å². The van der Waals surface area contributed by atoms with Gasteiger partial charge in [-0.2, -0.15) is 0 Å². The molecule has 1 saturated heterocycles. The minimum atomic E-state index is -0.185. The summed E-state index contributed by atoms with van der Waals surface area (Å²) in [5.74, 6) is -0.0410. The van der Waals surface area contributed by atoms with Crippen LogP contribution in [0.2, 0.25) is 0 Å². The average molecular weight is 364 g/mol. The van der Waals surface area contributed by atoms with Crippen molar-refractivity contribution in [2.24, 2.45) is 0 Å². The van der Waals surface area contributed by atoms with Gasteiger partial charge in [0.05, 0.1) is 21.8 Å². The molecule has 1 amide bonds. The lowest BCUT2D eigenvalue weighted by atomic mass is 10.2. The van der Waals surface area contributed by atoms with Crippen LogP contribution in [0.25, 0.3) is 17.0 Å². The van der Waals surface area contributed by atoms with E-state index < -0.39 is 0 Å². The number of nitrogens with zero attached hydrogens (tertiary/aromatic N) is 2. The molecule has 2 heterocycles. The molecule has 6 heteroatoms. The van der Waals surface area contributed by atoms with Gasteiger partial charge in [-0.3, -0.25) is 9.69 Å². The van der Waals surface area contributed by atoms with Crippen LogP contribution >= 0.6 is 24.0 Å². The summed E-state index contributed by atoms with van der Waals surface area (Å²) in [6.45, 7) is 0. The first-order chi connectivity index (χ1) is 12.1. The first-order valence-corrected chi connectivity index (χ1v) is 8.77. The Labute approximate surface area is 153 Å². The number of hydrogen-bond acceptors (Lipinski definition) is 5. The van der Waals surface area contributed by atoms with Crippen molar-refractivity contribution in [2.45, 2.75) is 0 Å². The summed E-state index contributed by atoms with van der Waals surface area (Å²) in [4.78, 5) is 19.3. The van der Waals surface area contributed by atoms with Crippen molar-refractivity contribution >= 4 is 56.9 Å². The smallest absolute Gasteiger partial charge is 0.270 e. The lowest BCUT2D eigenvalue weighted by Gasteiger charge is -2.14. The Hall–Kier alpha value is -2.70. The average Bonchev–Trinajstić information content (AvgIpc) is 2.89. The molecule has 0 bridgehead atoms. The second-order valence-electron chi connectivity index (χ2n) is 5.46. The lowest BCUT2D eigenvalue weighted by molar-refractivity contribution is -0.113. The number of rotatable bonds is 2. The fraction of sp³-hybridized carbons (Fsp3) is 0. The number of anilines is 1. The second-order valence-corrected chi connectivity index (χ2v) is 7.14. The van der Waals surface area contributed by atoms with Crippen molar-refractivity contribution in [1.29, 1.82) is 0 Å². The van der Waals surface area contributed by atoms with E-state index in [1.165, 1.54) is 28.8 Å². The van der Waals surface area contributed by atoms with Crippen LogP contribution in [0.3, 0.4) is 0 Å². The molecule has 2 aromatic carbocycles. The zero-order chi connectivity index (χ0) is 17.4. The number of amides is 1. The summed E-state index contributed by atoms with van der Waals surface area (Å²) < 4.78 is 0.461. The second kappa shape index (κ2) is 6.31. The molecule has 4 rings (SSSR count). The number of carbonyl (C=O) groups excluding carboxylic acids is 1. The van der Waals surface area contributed by atoms with Crippen molar-refractivity contribution in [3.8, 4) is 5.75 Å². The van der Waals surface area contributed by atoms with E-state index in [0.717, 1.165) is 10.9 Å². The molecule has 0 aliphatic carbocycles. The number of benzene rings is 2. The van der Waals surface area contributed by atoms with Crippen molar-refractivity contribution in [3.63, 3.8) is 0 Å². The highest BCUT2D eigenvalue weighted by Gasteiger charge is 2.33. The highest BCUT2D eigenvalue weighted by molar-refractivity contribution is 8.27. The highest BCUT2D eigenvalue weighted by atomic mass is 32.2. The Morgan fingerprint density at radius 3 is 2.60 bits per heavy atom. The number of para-hydroxylation sites is 1. The van der Waals surface area contributed by atoms with Crippen LogP contribution in [0.4, 0.5) is 5.69 Å². The third-order valence-corrected chi connectivity index (χ3v) is 5.10. The molecule has 1 aromatic heterocycles. The molecule has 3 aromatic rings. The third kappa shape index (κ3) is 3.01. The lowest BCUT2D eigenvalue weighted by Crippen LogP contribution is -2.27. The van der Waals surface area contributed by atoms with Crippen molar-refractivity contribution in [3.05, 3.63) is 71.3 Å². The Morgan fingerprint density at radius 2 is 1.80 bits per heavy atom. The van der Waals surface area contributed by atoms with Gasteiger partial charge in [0.25, 0.3) is 5.91 Å². The fourth-order valence-electron chi connectivity index (χ4n) is 2.59. The molecule has 0 saturated carbocycles. The molecule has 0 unspecified atom stereocenters. The molecule has 0 spiro atoms. The van der Waals surface area contributed by atoms with E-state index in [9.17, 15) is 9.90 Å². The maximum Gasteiger partial charge on any atom is 0.270 e. The largest absolute Gasteiger partial charge is 0.508 e. The van der Waals surface area contributed by atoms with Crippen LogP contribution in [-0.2, 0) is 4.79 Å². The number of hydrogen-bond donors (Lipinski definition) is 1. The van der Waals surface area contributed by atoms with Crippen LogP contribution < -0.4 is 4.90 Å². The Bertz CT molecular complexity index is 1030. The number of aromatic hydroxyl groups is 1. The number of carbonyl (C=O) groups is 1. The topological polar surface area (TPSA) is 53.4 Å². The van der Waals surface area contributed by atoms with Gasteiger partial charge in [0.15, 0.2) is 4.32 Å². The van der Waals surface area contributed by atoms with Crippen LogP contribution in [0, 0.1) is 0 Å². The van der Waals surface area contributed by atoms with Gasteiger partial charge in [-0.05, 0) is 42.5 Å². The Balaban J connectivity index is 1.68. The molecule has 122 valence electrons. The Morgan fingerprint density at radius 1 is 1.04 bits per heavy atom. The zero-order valence-electron chi connectivity index (χ0n) is 12.9. The van der Waals surface area contributed by atoms with E-state index >= 15 is 0 Å². The van der Waals surface area contributed by atoms with Gasteiger partial charge in [0.2, 0.25) is 0 Å². The van der Waals surface area contributed by atoms with E-state index in [0.29, 0.717) is 20.6 Å². The number of phenolic OH excluding ortho intramolecular Hbond substituents is 1. The first kappa shape index (κ1) is 15.8. The number of thioether (sulfide) groups is 1. The standard InChI is InChI=1S/C19H12N2O2S2/c22-15-9-7-14(8-10-15)21-18(23)17(25-19(21)24)11-13-6-5-12-3-1-2-4-16(12)20-13/h1-11,22H/b17-11-. The van der Waals surface area contributed by atoms with Gasteiger partial charge < -0.3 is 5.11 Å². The summed E-state index contributed by atoms with van der Waals surface area (Å²) in [6.07, 6.45) is 1.76. The quantitative estimate of drug-likeness (QED) is 0.541. The van der Waals surface area contributed by atoms with Crippen LogP contribution in [-0.4, -0.2) is 20.3 Å². The minimum absolute atomic E-state index is 0.144. The van der Waals surface area contributed by atoms with Crippen molar-refractivity contribution in [1.82, 2.24) is 4.98 Å². The molecule has 1 N–H and O–H groups in total. The minimum Gasteiger partial charge on any atom is -0.508 e. The summed E-state index contributed by atoms with van der Waals surface area (Å²) >= 11 is 6.59. The fourth-order valence-corrected chi connectivity index (χ4v) is 3.87. The summed E-state index contributed by atoms with van der Waals surface area (Å²) in [5.41, 5.74) is 2.23. The predicted molar refractivity (Wildman–Crippen MR) is 106 cm³/mol. The number of pyridine rings is 1. The predicted octanol–water partition coefficient (Wildman–Crippen LogP) is 4.35. The molecule has 1 aliphatic heterocycles. The molecule has 1 aliphatic rings. The molecular weight excluding hydrogens is 352 g/mol. The summed E-state index contributed by atoms with van der Waals surface area (Å²) in [7, 11) is 0. The molecule has 0 atom stereocenters. The van der Waals surface area contributed by atoms with Crippen LogP contribution in [0.1, 0.15) is 5.69 Å². The number of aromatic nitrogens is 1. The molecule has 1 fully saturated rings. The number of thiocarbonyl (C=S) groups is 1. The molecular formula is C19H12N2O2S2. The Kier molecular flexibility index (Phi) is 3.99. The van der Waals surface area contributed by atoms with E-state index in [-0.39, 0.29) is 11.7 Å². The van der Waals surface area contributed by atoms with E-state index in [2.05, 4.69) is 4.98 Å². The van der Waals surface area contributed by atoms with Crippen molar-refractivity contribution < 1.29 is 9.90 Å². The SMILES string of the molecule is O=C1/C(=C/c2ccc3ccccc3n2)SC(=S)N1c1ccc(O)cc1. The van der Waals surface area contributed by atoms with E-state index in [1.807, 2.05) is 36.4 Å². The number of fused-ring (bicyclic) bond motifs is 1. The normalized spacial score (nSPS) is 16.2. The molecule has 0 radical (unpaired) electrons. The van der Waals surface area contributed by atoms with Gasteiger partial charge in [-0.1, -0.05) is 48.2 Å². The van der Waals surface area contributed by atoms with Crippen molar-refractivity contribution in [2.75, 3.05) is 4.90 Å². The maximum absolute atomic E-state index is 12.7. The van der Waals surface area contributed by atoms with Gasteiger partial charge >= 0.3 is 0 Å². The number of phenols is 1. The van der Waals surface area contributed by atoms with E-state index in [1.54, 1.807) is 18.2 Å². The first-order valence-electron chi connectivity index (χ1n) is 7.54. The molecule has 4 nitrogen and oxygen atoms in total. The summed E-state index contributed by atoms with van der Waals surface area (Å²) in [5, 5.41) is 10.5. The van der Waals surface area contributed by atoms with Gasteiger partial charge in [-0.15, -0.1) is 0 Å². The van der Waals surface area contributed by atoms with Crippen LogP contribution in [0.5, 0.6) is 5.75 Å². The highest BCUT2D eigenvalue weighted by Crippen LogP contribution is 2.36.